The lowest BCUT2D eigenvalue weighted by molar-refractivity contribution is -0.384. The van der Waals surface area contributed by atoms with E-state index in [1.807, 2.05) is 0 Å². The second kappa shape index (κ2) is 4.71. The molecule has 0 unspecified atom stereocenters. The summed E-state index contributed by atoms with van der Waals surface area (Å²) in [6.07, 6.45) is 0. The molecule has 1 aromatic rings. The largest absolute Gasteiger partial charge is 0.480 e. The van der Waals surface area contributed by atoms with Crippen molar-refractivity contribution in [3.63, 3.8) is 0 Å². The second-order valence-electron chi connectivity index (χ2n) is 3.50. The maximum atomic E-state index is 10.7. The van der Waals surface area contributed by atoms with Gasteiger partial charge in [-0.2, -0.15) is 0 Å². The van der Waals surface area contributed by atoms with Crippen LogP contribution >= 0.6 is 0 Å². The fraction of sp³-hybridized carbons (Fsp3) is 0.300. The van der Waals surface area contributed by atoms with Crippen LogP contribution in [0.5, 0.6) is 0 Å². The van der Waals surface area contributed by atoms with Gasteiger partial charge in [-0.3, -0.25) is 14.9 Å². The number of carboxylic acid groups (broad SMARTS) is 1. The molecule has 3 N–H and O–H groups in total. The number of carboxylic acids is 1. The Morgan fingerprint density at radius 2 is 1.94 bits per heavy atom. The van der Waals surface area contributed by atoms with Gasteiger partial charge < -0.3 is 10.8 Å². The van der Waals surface area contributed by atoms with E-state index < -0.39 is 22.9 Å². The van der Waals surface area contributed by atoms with E-state index in [2.05, 4.69) is 0 Å². The first kappa shape index (κ1) is 12.1. The quantitative estimate of drug-likeness (QED) is 0.588. The molecule has 0 aliphatic carbocycles. The molecule has 6 heteroatoms. The van der Waals surface area contributed by atoms with Crippen LogP contribution < -0.4 is 5.73 Å². The third kappa shape index (κ3) is 2.54. The number of benzene rings is 1. The molecule has 0 aliphatic heterocycles. The third-order valence-corrected chi connectivity index (χ3v) is 2.45. The van der Waals surface area contributed by atoms with Gasteiger partial charge in [0.25, 0.3) is 5.69 Å². The van der Waals surface area contributed by atoms with E-state index in [1.165, 1.54) is 24.3 Å². The molecule has 0 heterocycles. The summed E-state index contributed by atoms with van der Waals surface area (Å²) in [7, 11) is 0. The van der Waals surface area contributed by atoms with E-state index >= 15 is 0 Å². The van der Waals surface area contributed by atoms with Gasteiger partial charge in [-0.15, -0.1) is 0 Å². The normalized spacial score (nSPS) is 14.1. The summed E-state index contributed by atoms with van der Waals surface area (Å²) in [4.78, 5) is 20.6. The van der Waals surface area contributed by atoms with E-state index in [-0.39, 0.29) is 5.69 Å². The maximum Gasteiger partial charge on any atom is 0.321 e. The van der Waals surface area contributed by atoms with Gasteiger partial charge in [-0.1, -0.05) is 19.1 Å². The number of nitro groups is 1. The van der Waals surface area contributed by atoms with Crippen LogP contribution in [0, 0.1) is 10.1 Å². The number of nitrogens with zero attached hydrogens (tertiary/aromatic N) is 1. The van der Waals surface area contributed by atoms with Crippen LogP contribution in [0.25, 0.3) is 0 Å². The summed E-state index contributed by atoms with van der Waals surface area (Å²) < 4.78 is 0. The zero-order valence-corrected chi connectivity index (χ0v) is 8.66. The zero-order valence-electron chi connectivity index (χ0n) is 8.66. The Morgan fingerprint density at radius 3 is 2.31 bits per heavy atom. The molecule has 86 valence electrons. The van der Waals surface area contributed by atoms with Gasteiger partial charge in [0.2, 0.25) is 0 Å². The van der Waals surface area contributed by atoms with Gasteiger partial charge in [-0.25, -0.2) is 0 Å². The standard InChI is InChI=1S/C10H12N2O4/c1-6(9(11)10(13)14)7-2-4-8(5-3-7)12(15)16/h2-6,9H,11H2,1H3,(H,13,14)/t6-,9+/m1/s1. The highest BCUT2D eigenvalue weighted by atomic mass is 16.6. The fourth-order valence-corrected chi connectivity index (χ4v) is 1.32. The maximum absolute atomic E-state index is 10.7. The molecule has 0 bridgehead atoms. The summed E-state index contributed by atoms with van der Waals surface area (Å²) in [6, 6.07) is 4.69. The number of nitrogens with two attached hydrogens (primary N) is 1. The van der Waals surface area contributed by atoms with Crippen molar-refractivity contribution in [2.45, 2.75) is 18.9 Å². The Bertz CT molecular complexity index is 402. The van der Waals surface area contributed by atoms with E-state index in [0.29, 0.717) is 5.56 Å². The van der Waals surface area contributed by atoms with Gasteiger partial charge in [0.15, 0.2) is 0 Å². The van der Waals surface area contributed by atoms with Crippen LogP contribution in [0.3, 0.4) is 0 Å². The van der Waals surface area contributed by atoms with Crippen molar-refractivity contribution >= 4 is 11.7 Å². The molecule has 0 amide bonds. The van der Waals surface area contributed by atoms with Gasteiger partial charge in [0.1, 0.15) is 6.04 Å². The first-order valence-corrected chi connectivity index (χ1v) is 4.66. The van der Waals surface area contributed by atoms with Crippen molar-refractivity contribution in [2.75, 3.05) is 0 Å². The van der Waals surface area contributed by atoms with Crippen molar-refractivity contribution in [3.05, 3.63) is 39.9 Å². The number of carbonyl (C=O) groups is 1. The highest BCUT2D eigenvalue weighted by molar-refractivity contribution is 5.74. The molecule has 1 rings (SSSR count). The molecular weight excluding hydrogens is 212 g/mol. The number of hydrogen-bond donors (Lipinski definition) is 2. The Kier molecular flexibility index (Phi) is 3.57. The first-order valence-electron chi connectivity index (χ1n) is 4.66. The Balaban J connectivity index is 2.89. The lowest BCUT2D eigenvalue weighted by Crippen LogP contribution is -2.35. The molecule has 0 saturated carbocycles. The second-order valence-corrected chi connectivity index (χ2v) is 3.50. The van der Waals surface area contributed by atoms with Crippen molar-refractivity contribution in [1.29, 1.82) is 0 Å². The molecule has 0 aromatic heterocycles. The predicted molar refractivity (Wildman–Crippen MR) is 57.1 cm³/mol. The first-order chi connectivity index (χ1) is 7.43. The number of nitro benzene ring substituents is 1. The fourth-order valence-electron chi connectivity index (χ4n) is 1.32. The van der Waals surface area contributed by atoms with Crippen LogP contribution in [-0.4, -0.2) is 22.0 Å². The van der Waals surface area contributed by atoms with E-state index in [4.69, 9.17) is 10.8 Å². The molecule has 0 aliphatic rings. The van der Waals surface area contributed by atoms with E-state index in [9.17, 15) is 14.9 Å². The molecule has 6 nitrogen and oxygen atoms in total. The van der Waals surface area contributed by atoms with Gasteiger partial charge >= 0.3 is 5.97 Å². The molecule has 0 fully saturated rings. The average Bonchev–Trinajstić information content (AvgIpc) is 2.27. The lowest BCUT2D eigenvalue weighted by atomic mass is 9.94. The Hall–Kier alpha value is -1.95. The SMILES string of the molecule is C[C@H](c1ccc([N+](=O)[O-])cc1)[C@H](N)C(=O)O. The van der Waals surface area contributed by atoms with Crippen LogP contribution in [0.2, 0.25) is 0 Å². The third-order valence-electron chi connectivity index (χ3n) is 2.45. The molecule has 0 spiro atoms. The molecule has 0 radical (unpaired) electrons. The van der Waals surface area contributed by atoms with Crippen LogP contribution in [0.4, 0.5) is 5.69 Å². The van der Waals surface area contributed by atoms with E-state index in [1.54, 1.807) is 6.92 Å². The van der Waals surface area contributed by atoms with Crippen LogP contribution in [0.15, 0.2) is 24.3 Å². The van der Waals surface area contributed by atoms with Crippen LogP contribution in [0.1, 0.15) is 18.4 Å². The highest BCUT2D eigenvalue weighted by Crippen LogP contribution is 2.21. The van der Waals surface area contributed by atoms with Crippen molar-refractivity contribution in [1.82, 2.24) is 0 Å². The van der Waals surface area contributed by atoms with E-state index in [0.717, 1.165) is 0 Å². The molecule has 2 atom stereocenters. The molecule has 0 saturated heterocycles. The summed E-state index contributed by atoms with van der Waals surface area (Å²) in [6.45, 7) is 1.67. The molecular formula is C10H12N2O4. The number of rotatable bonds is 4. The number of aliphatic carboxylic acids is 1. The van der Waals surface area contributed by atoms with Crippen LogP contribution in [-0.2, 0) is 4.79 Å². The average molecular weight is 224 g/mol. The summed E-state index contributed by atoms with van der Waals surface area (Å²) >= 11 is 0. The van der Waals surface area contributed by atoms with Gasteiger partial charge in [0, 0.05) is 18.1 Å². The molecule has 16 heavy (non-hydrogen) atoms. The summed E-state index contributed by atoms with van der Waals surface area (Å²) in [5.41, 5.74) is 6.10. The summed E-state index contributed by atoms with van der Waals surface area (Å²) in [5.74, 6) is -1.48. The number of non-ortho nitro benzene ring substituents is 1. The lowest BCUT2D eigenvalue weighted by Gasteiger charge is -2.15. The van der Waals surface area contributed by atoms with Crippen molar-refractivity contribution in [3.8, 4) is 0 Å². The van der Waals surface area contributed by atoms with Crippen molar-refractivity contribution in [2.24, 2.45) is 5.73 Å². The topological polar surface area (TPSA) is 106 Å². The minimum Gasteiger partial charge on any atom is -0.480 e. The van der Waals surface area contributed by atoms with Gasteiger partial charge in [-0.05, 0) is 5.56 Å². The minimum absolute atomic E-state index is 0.0279. The van der Waals surface area contributed by atoms with Crippen molar-refractivity contribution < 1.29 is 14.8 Å². The molecule has 1 aromatic carbocycles. The number of hydrogen-bond acceptors (Lipinski definition) is 4. The van der Waals surface area contributed by atoms with Gasteiger partial charge in [0.05, 0.1) is 4.92 Å². The summed E-state index contributed by atoms with van der Waals surface area (Å²) in [5, 5.41) is 19.1. The predicted octanol–water partition coefficient (Wildman–Crippen LogP) is 1.11. The monoisotopic (exact) mass is 224 g/mol. The smallest absolute Gasteiger partial charge is 0.321 e. The zero-order chi connectivity index (χ0) is 12.3. The Morgan fingerprint density at radius 1 is 1.44 bits per heavy atom. The Labute approximate surface area is 91.8 Å². The minimum atomic E-state index is -1.09. The highest BCUT2D eigenvalue weighted by Gasteiger charge is 2.21.